The molecule has 2 atom stereocenters. The van der Waals surface area contributed by atoms with E-state index in [1.807, 2.05) is 5.32 Å². The van der Waals surface area contributed by atoms with E-state index in [0.717, 1.165) is 6.42 Å². The summed E-state index contributed by atoms with van der Waals surface area (Å²) in [6.45, 7) is 0. The fourth-order valence-corrected chi connectivity index (χ4v) is 2.26. The first-order valence-electron chi connectivity index (χ1n) is 5.39. The number of alkyl halides is 3. The number of nitrogens with two attached hydrogens (primary N) is 1. The summed E-state index contributed by atoms with van der Waals surface area (Å²) in [5.74, 6) is -3.33. The Morgan fingerprint density at radius 3 is 2.26 bits per heavy atom. The molecule has 2 aliphatic heterocycles. The third-order valence-electron chi connectivity index (χ3n) is 3.16. The Morgan fingerprint density at radius 1 is 1.47 bits per heavy atom. The van der Waals surface area contributed by atoms with Crippen molar-refractivity contribution in [1.82, 2.24) is 0 Å². The van der Waals surface area contributed by atoms with Gasteiger partial charge in [-0.25, -0.2) is 4.79 Å². The number of ketones is 1. The second-order valence-corrected chi connectivity index (χ2v) is 4.34. The Hall–Kier alpha value is -1.64. The fourth-order valence-electron chi connectivity index (χ4n) is 2.26. The monoisotopic (exact) mass is 283 g/mol. The summed E-state index contributed by atoms with van der Waals surface area (Å²) in [5.41, 5.74) is -0.848. The van der Waals surface area contributed by atoms with Gasteiger partial charge >= 0.3 is 12.1 Å². The number of carbonyl (C=O) groups is 3. The van der Waals surface area contributed by atoms with E-state index in [1.165, 1.54) is 7.11 Å². The van der Waals surface area contributed by atoms with Gasteiger partial charge in [0, 0.05) is 12.8 Å². The molecule has 2 rings (SSSR count). The van der Waals surface area contributed by atoms with Crippen LogP contribution in [0, 0.1) is 0 Å². The van der Waals surface area contributed by atoms with Gasteiger partial charge in [0.05, 0.1) is 19.6 Å². The molecule has 0 aromatic carbocycles. The molecule has 2 saturated heterocycles. The Labute approximate surface area is 105 Å². The third-order valence-corrected chi connectivity index (χ3v) is 3.16. The molecule has 9 heteroatoms. The molecule has 2 aliphatic rings. The number of methoxy groups -OCH3 is 1. The number of halogens is 3. The van der Waals surface area contributed by atoms with Gasteiger partial charge in [-0.2, -0.15) is 13.2 Å². The number of quaternary nitrogens is 1. The number of ether oxygens (including phenoxy) is 1. The summed E-state index contributed by atoms with van der Waals surface area (Å²) in [4.78, 5) is 31.5. The highest BCUT2D eigenvalue weighted by molar-refractivity contribution is 6.08. The second-order valence-electron chi connectivity index (χ2n) is 4.34. The molecule has 2 N–H and O–H groups in total. The number of fused-ring (bicyclic) bond motifs is 2. The van der Waals surface area contributed by atoms with E-state index in [4.69, 9.17) is 9.90 Å². The molecule has 2 heterocycles. The lowest BCUT2D eigenvalue weighted by molar-refractivity contribution is -0.697. The van der Waals surface area contributed by atoms with E-state index < -0.39 is 17.7 Å². The normalized spacial score (nSPS) is 28.6. The molecule has 2 bridgehead atoms. The van der Waals surface area contributed by atoms with E-state index in [1.54, 1.807) is 0 Å². The molecule has 0 radical (unpaired) electrons. The van der Waals surface area contributed by atoms with E-state index in [2.05, 4.69) is 4.74 Å². The molecule has 108 valence electrons. The van der Waals surface area contributed by atoms with Gasteiger partial charge in [0.2, 0.25) is 5.78 Å². The van der Waals surface area contributed by atoms with E-state index in [-0.39, 0.29) is 11.8 Å². The number of carboxylic acids is 1. The zero-order valence-electron chi connectivity index (χ0n) is 9.95. The molecule has 0 spiro atoms. The van der Waals surface area contributed by atoms with Crippen molar-refractivity contribution >= 4 is 17.7 Å². The molecule has 0 aromatic rings. The standard InChI is InChI=1S/C8H11NO3.C2HF3O2/c1-12-7(11)8-3-2-5(9-8)4-6(8)10;3-2(4,5)1(6)7/h5,9H,2-4H2,1H3;(H,6,7)/t5-,8+;/m0./s1. The summed E-state index contributed by atoms with van der Waals surface area (Å²) in [5, 5.41) is 10.7. The minimum atomic E-state index is -5.19. The van der Waals surface area contributed by atoms with E-state index in [0.29, 0.717) is 18.9 Å². The molecule has 0 aliphatic carbocycles. The van der Waals surface area contributed by atoms with Gasteiger partial charge < -0.3 is 20.0 Å². The summed E-state index contributed by atoms with van der Waals surface area (Å²) in [7, 11) is 1.34. The quantitative estimate of drug-likeness (QED) is 0.439. The van der Waals surface area contributed by atoms with Crippen molar-refractivity contribution in [2.45, 2.75) is 37.0 Å². The first-order valence-corrected chi connectivity index (χ1v) is 5.39. The molecular formula is C10H12F3NO5. The Kier molecular flexibility index (Phi) is 4.18. The Balaban J connectivity index is 0.000000224. The fraction of sp³-hybridized carbons (Fsp3) is 0.700. The summed E-state index contributed by atoms with van der Waals surface area (Å²) in [6, 6.07) is 0.330. The molecule has 0 saturated carbocycles. The number of aliphatic carboxylic acids is 1. The second kappa shape index (κ2) is 5.16. The van der Waals surface area contributed by atoms with Crippen molar-refractivity contribution in [3.8, 4) is 0 Å². The van der Waals surface area contributed by atoms with E-state index in [9.17, 15) is 22.8 Å². The summed E-state index contributed by atoms with van der Waals surface area (Å²) >= 11 is 0. The van der Waals surface area contributed by atoms with Crippen LogP contribution in [0.15, 0.2) is 0 Å². The first kappa shape index (κ1) is 15.4. The third kappa shape index (κ3) is 3.03. The minimum Gasteiger partial charge on any atom is -0.542 e. The van der Waals surface area contributed by atoms with Crippen molar-refractivity contribution < 1.29 is 42.7 Å². The number of rotatable bonds is 1. The molecule has 0 aromatic heterocycles. The van der Waals surface area contributed by atoms with Crippen molar-refractivity contribution in [2.24, 2.45) is 0 Å². The van der Waals surface area contributed by atoms with Crippen molar-refractivity contribution in [2.75, 3.05) is 7.11 Å². The number of esters is 1. The zero-order chi connectivity index (χ0) is 14.8. The van der Waals surface area contributed by atoms with Crippen LogP contribution >= 0.6 is 0 Å². The molecule has 2 fully saturated rings. The lowest BCUT2D eigenvalue weighted by atomic mass is 9.87. The number of hydrogen-bond donors (Lipinski definition) is 1. The SMILES string of the molecule is COC(=O)[C@@]12CC[C@@H](CC1=O)[NH2+]2.O=C([O-])C(F)(F)F. The highest BCUT2D eigenvalue weighted by Gasteiger charge is 2.62. The molecule has 19 heavy (non-hydrogen) atoms. The topological polar surface area (TPSA) is 100 Å². The number of Topliss-reactive ketones (excluding diaryl/α,β-unsaturated/α-hetero) is 1. The smallest absolute Gasteiger partial charge is 0.430 e. The van der Waals surface area contributed by atoms with Gasteiger partial charge in [-0.1, -0.05) is 0 Å². The van der Waals surface area contributed by atoms with Crippen LogP contribution < -0.4 is 10.4 Å². The van der Waals surface area contributed by atoms with Crippen molar-refractivity contribution in [3.05, 3.63) is 0 Å². The van der Waals surface area contributed by atoms with Gasteiger partial charge in [0.25, 0.3) is 5.54 Å². The maximum Gasteiger partial charge on any atom is 0.430 e. The maximum atomic E-state index is 11.4. The van der Waals surface area contributed by atoms with Gasteiger partial charge in [-0.05, 0) is 0 Å². The number of carboxylic acid groups (broad SMARTS) is 1. The number of carbonyl (C=O) groups excluding carboxylic acids is 3. The van der Waals surface area contributed by atoms with Gasteiger partial charge in [0.15, 0.2) is 0 Å². The predicted octanol–water partition coefficient (Wildman–Crippen LogP) is -2.10. The maximum absolute atomic E-state index is 11.4. The van der Waals surface area contributed by atoms with Crippen LogP contribution in [0.25, 0.3) is 0 Å². The van der Waals surface area contributed by atoms with E-state index >= 15 is 0 Å². The van der Waals surface area contributed by atoms with Gasteiger partial charge in [0.1, 0.15) is 5.97 Å². The lowest BCUT2D eigenvalue weighted by Gasteiger charge is -2.16. The molecular weight excluding hydrogens is 271 g/mol. The van der Waals surface area contributed by atoms with Crippen LogP contribution in [-0.4, -0.2) is 42.6 Å². The summed E-state index contributed by atoms with van der Waals surface area (Å²) in [6.07, 6.45) is -3.04. The molecule has 6 nitrogen and oxygen atoms in total. The average Bonchev–Trinajstić information content (AvgIpc) is 2.85. The molecule has 0 unspecified atom stereocenters. The minimum absolute atomic E-state index is 0.0469. The Morgan fingerprint density at radius 2 is 2.00 bits per heavy atom. The van der Waals surface area contributed by atoms with Crippen LogP contribution in [0.3, 0.4) is 0 Å². The number of hydrogen-bond acceptors (Lipinski definition) is 5. The highest BCUT2D eigenvalue weighted by atomic mass is 19.4. The lowest BCUT2D eigenvalue weighted by Crippen LogP contribution is -2.97. The van der Waals surface area contributed by atoms with Gasteiger partial charge in [-0.15, -0.1) is 0 Å². The van der Waals surface area contributed by atoms with Crippen LogP contribution in [0.4, 0.5) is 13.2 Å². The largest absolute Gasteiger partial charge is 0.542 e. The van der Waals surface area contributed by atoms with Gasteiger partial charge in [-0.3, -0.25) is 4.79 Å². The van der Waals surface area contributed by atoms with Crippen LogP contribution in [0.2, 0.25) is 0 Å². The summed E-state index contributed by atoms with van der Waals surface area (Å²) < 4.78 is 36.2. The average molecular weight is 283 g/mol. The van der Waals surface area contributed by atoms with Crippen molar-refractivity contribution in [3.63, 3.8) is 0 Å². The Bertz CT molecular complexity index is 408. The zero-order valence-corrected chi connectivity index (χ0v) is 9.95. The van der Waals surface area contributed by atoms with Crippen molar-refractivity contribution in [1.29, 1.82) is 0 Å². The highest BCUT2D eigenvalue weighted by Crippen LogP contribution is 2.28. The van der Waals surface area contributed by atoms with Crippen LogP contribution in [-0.2, 0) is 19.1 Å². The van der Waals surface area contributed by atoms with Crippen LogP contribution in [0.5, 0.6) is 0 Å². The molecule has 0 amide bonds. The first-order chi connectivity index (χ1) is 8.63. The predicted molar refractivity (Wildman–Crippen MR) is 50.4 cm³/mol. The van der Waals surface area contributed by atoms with Crippen LogP contribution in [0.1, 0.15) is 19.3 Å².